The first-order valence-electron chi connectivity index (χ1n) is 12.3. The molecule has 2 aromatic heterocycles. The van der Waals surface area contributed by atoms with E-state index in [1.807, 2.05) is 18.2 Å². The minimum absolute atomic E-state index is 0.0469. The third-order valence-electron chi connectivity index (χ3n) is 5.92. The lowest BCUT2D eigenvalue weighted by molar-refractivity contribution is -0.193. The molecule has 2 fully saturated rings. The zero-order valence-corrected chi connectivity index (χ0v) is 23.4. The van der Waals surface area contributed by atoms with Crippen molar-refractivity contribution in [1.29, 1.82) is 0 Å². The lowest BCUT2D eigenvalue weighted by Gasteiger charge is -2.27. The number of alkyl halides is 9. The smallest absolute Gasteiger partial charge is 0.490 e. The number of likely N-dealkylation sites (tertiary alicyclic amines) is 1. The molecule has 0 radical (unpaired) electrons. The molecule has 0 unspecified atom stereocenters. The van der Waals surface area contributed by atoms with Gasteiger partial charge in [0, 0.05) is 48.9 Å². The minimum Gasteiger partial charge on any atom is -0.491 e. The van der Waals surface area contributed by atoms with Crippen molar-refractivity contribution in [2.24, 2.45) is 11.3 Å². The number of nitrogens with zero attached hydrogens (tertiary/aromatic N) is 3. The summed E-state index contributed by atoms with van der Waals surface area (Å²) in [4.78, 5) is 37.6. The summed E-state index contributed by atoms with van der Waals surface area (Å²) in [7, 11) is 1.67. The Bertz CT molecular complexity index is 1220. The van der Waals surface area contributed by atoms with E-state index in [0.29, 0.717) is 18.4 Å². The minimum atomic E-state index is -5.08. The van der Waals surface area contributed by atoms with Crippen LogP contribution in [0.15, 0.2) is 42.9 Å². The highest BCUT2D eigenvalue weighted by Gasteiger charge is 2.51. The standard InChI is InChI=1S/C19H23N3O3.3C2HF3O2/c1-23-18-15(4-2-7-21-18)9-22-10-16-11-24-13-19(16,12-22)14-25-17-5-3-6-20-8-17;3*3-2(4,5)1(6)7/h2-8,16H,9-14H2,1H3;3*(H,6,7)/t16-,19+;;;/m1.../s1. The van der Waals surface area contributed by atoms with Crippen LogP contribution in [-0.2, 0) is 25.7 Å². The van der Waals surface area contributed by atoms with E-state index in [2.05, 4.69) is 20.9 Å². The van der Waals surface area contributed by atoms with E-state index >= 15 is 0 Å². The molecular formula is C25H26F9N3O9. The van der Waals surface area contributed by atoms with Crippen molar-refractivity contribution < 1.29 is 83.4 Å². The van der Waals surface area contributed by atoms with Crippen LogP contribution in [0.2, 0.25) is 0 Å². The number of hydrogen-bond donors (Lipinski definition) is 3. The zero-order chi connectivity index (χ0) is 35.3. The number of carbonyl (C=O) groups is 3. The number of carboxylic acid groups (broad SMARTS) is 3. The van der Waals surface area contributed by atoms with E-state index in [4.69, 9.17) is 43.9 Å². The molecule has 2 aliphatic rings. The third kappa shape index (κ3) is 13.3. The topological polar surface area (TPSA) is 169 Å². The van der Waals surface area contributed by atoms with E-state index in [-0.39, 0.29) is 5.41 Å². The molecular weight excluding hydrogens is 657 g/mol. The van der Waals surface area contributed by atoms with Crippen molar-refractivity contribution in [1.82, 2.24) is 14.9 Å². The lowest BCUT2D eigenvalue weighted by atomic mass is 9.82. The molecule has 0 saturated carbocycles. The molecule has 2 aliphatic heterocycles. The number of hydrogen-bond acceptors (Lipinski definition) is 9. The normalized spacial score (nSPS) is 19.1. The molecule has 258 valence electrons. The molecule has 0 aliphatic carbocycles. The fourth-order valence-corrected chi connectivity index (χ4v) is 3.90. The van der Waals surface area contributed by atoms with Gasteiger partial charge >= 0.3 is 36.4 Å². The van der Waals surface area contributed by atoms with Crippen molar-refractivity contribution in [3.8, 4) is 11.6 Å². The summed E-state index contributed by atoms with van der Waals surface area (Å²) in [6, 6.07) is 7.88. The molecule has 2 aromatic rings. The van der Waals surface area contributed by atoms with Crippen LogP contribution in [0.25, 0.3) is 0 Å². The van der Waals surface area contributed by atoms with Gasteiger partial charge in [-0.25, -0.2) is 19.4 Å². The van der Waals surface area contributed by atoms with Crippen LogP contribution >= 0.6 is 0 Å². The van der Waals surface area contributed by atoms with Crippen LogP contribution in [0.1, 0.15) is 5.56 Å². The predicted molar refractivity (Wildman–Crippen MR) is 134 cm³/mol. The fraction of sp³-hybridized carbons (Fsp3) is 0.480. The first-order valence-corrected chi connectivity index (χ1v) is 12.3. The Hall–Kier alpha value is -4.40. The maximum atomic E-state index is 10.6. The summed E-state index contributed by atoms with van der Waals surface area (Å²) >= 11 is 0. The van der Waals surface area contributed by atoms with Crippen LogP contribution in [0.5, 0.6) is 11.6 Å². The summed E-state index contributed by atoms with van der Waals surface area (Å²) in [5.74, 6) is -6.26. The average molecular weight is 683 g/mol. The highest BCUT2D eigenvalue weighted by molar-refractivity contribution is 5.73. The van der Waals surface area contributed by atoms with Crippen LogP contribution in [0.4, 0.5) is 39.5 Å². The maximum absolute atomic E-state index is 10.6. The quantitative estimate of drug-likeness (QED) is 0.376. The Morgan fingerprint density at radius 1 is 0.935 bits per heavy atom. The second-order valence-corrected chi connectivity index (χ2v) is 9.30. The summed E-state index contributed by atoms with van der Waals surface area (Å²) in [6.45, 7) is 5.01. The van der Waals surface area contributed by atoms with Crippen LogP contribution in [0, 0.1) is 11.3 Å². The Morgan fingerprint density at radius 2 is 1.46 bits per heavy atom. The number of halogens is 9. The predicted octanol–water partition coefficient (Wildman–Crippen LogP) is 3.91. The molecule has 3 N–H and O–H groups in total. The van der Waals surface area contributed by atoms with E-state index in [1.165, 1.54) is 0 Å². The van der Waals surface area contributed by atoms with Crippen molar-refractivity contribution in [3.63, 3.8) is 0 Å². The molecule has 2 saturated heterocycles. The number of methoxy groups -OCH3 is 1. The van der Waals surface area contributed by atoms with Crippen molar-refractivity contribution in [3.05, 3.63) is 48.4 Å². The molecule has 2 atom stereocenters. The number of rotatable bonds is 6. The molecule has 4 rings (SSSR count). The molecule has 4 heterocycles. The van der Waals surface area contributed by atoms with E-state index < -0.39 is 36.4 Å². The van der Waals surface area contributed by atoms with Crippen LogP contribution < -0.4 is 9.47 Å². The van der Waals surface area contributed by atoms with Gasteiger partial charge in [-0.1, -0.05) is 6.07 Å². The molecule has 0 aromatic carbocycles. The SMILES string of the molecule is COc1ncccc1CN1C[C@@H]2COC[C@]2(COc2cccnc2)C1.O=C(O)C(F)(F)F.O=C(O)C(F)(F)F.O=C(O)C(F)(F)F. The molecule has 21 heteroatoms. The van der Waals surface area contributed by atoms with Gasteiger partial charge in [0.2, 0.25) is 5.88 Å². The van der Waals surface area contributed by atoms with E-state index in [9.17, 15) is 39.5 Å². The second-order valence-electron chi connectivity index (χ2n) is 9.30. The van der Waals surface area contributed by atoms with Gasteiger partial charge in [-0.15, -0.1) is 0 Å². The largest absolute Gasteiger partial charge is 0.491 e. The van der Waals surface area contributed by atoms with Gasteiger partial charge in [-0.2, -0.15) is 39.5 Å². The van der Waals surface area contributed by atoms with Crippen LogP contribution in [0.3, 0.4) is 0 Å². The first-order chi connectivity index (χ1) is 21.1. The molecule has 46 heavy (non-hydrogen) atoms. The highest BCUT2D eigenvalue weighted by atomic mass is 19.4. The molecule has 0 bridgehead atoms. The molecule has 12 nitrogen and oxygen atoms in total. The van der Waals surface area contributed by atoms with E-state index in [1.54, 1.807) is 25.7 Å². The number of fused-ring (bicyclic) bond motifs is 1. The van der Waals surface area contributed by atoms with Gasteiger partial charge in [-0.3, -0.25) is 9.88 Å². The third-order valence-corrected chi connectivity index (χ3v) is 5.92. The first kappa shape index (κ1) is 39.6. The Kier molecular flexibility index (Phi) is 14.5. The van der Waals surface area contributed by atoms with Gasteiger partial charge in [0.25, 0.3) is 0 Å². The highest BCUT2D eigenvalue weighted by Crippen LogP contribution is 2.42. The molecule has 0 spiro atoms. The fourth-order valence-electron chi connectivity index (χ4n) is 3.90. The zero-order valence-electron chi connectivity index (χ0n) is 23.4. The number of aliphatic carboxylic acids is 3. The van der Waals surface area contributed by atoms with Gasteiger partial charge in [0.05, 0.1) is 33.1 Å². The van der Waals surface area contributed by atoms with Gasteiger partial charge in [0.15, 0.2) is 0 Å². The van der Waals surface area contributed by atoms with Gasteiger partial charge in [0.1, 0.15) is 5.75 Å². The average Bonchev–Trinajstić information content (AvgIpc) is 3.49. The monoisotopic (exact) mass is 683 g/mol. The van der Waals surface area contributed by atoms with Crippen molar-refractivity contribution in [2.45, 2.75) is 25.1 Å². The summed E-state index contributed by atoms with van der Waals surface area (Å²) in [5.41, 5.74) is 1.17. The number of pyridine rings is 2. The Labute approximate surface area is 253 Å². The summed E-state index contributed by atoms with van der Waals surface area (Å²) in [5, 5.41) is 21.4. The molecule has 0 amide bonds. The Morgan fingerprint density at radius 3 is 1.91 bits per heavy atom. The second kappa shape index (κ2) is 16.8. The van der Waals surface area contributed by atoms with Crippen LogP contribution in [-0.4, -0.2) is 107 Å². The van der Waals surface area contributed by atoms with Crippen molar-refractivity contribution in [2.75, 3.05) is 40.0 Å². The van der Waals surface area contributed by atoms with Gasteiger partial charge in [-0.05, 0) is 18.2 Å². The maximum Gasteiger partial charge on any atom is 0.490 e. The van der Waals surface area contributed by atoms with Gasteiger partial charge < -0.3 is 29.5 Å². The summed E-state index contributed by atoms with van der Waals surface area (Å²) in [6.07, 6.45) is -9.97. The number of ether oxygens (including phenoxy) is 3. The number of carboxylic acids is 3. The van der Waals surface area contributed by atoms with E-state index in [0.717, 1.165) is 44.2 Å². The van der Waals surface area contributed by atoms with Crippen molar-refractivity contribution >= 4 is 17.9 Å². The number of aromatic nitrogens is 2. The summed E-state index contributed by atoms with van der Waals surface area (Å²) < 4.78 is 112. The lowest BCUT2D eigenvalue weighted by Crippen LogP contribution is -2.36. The Balaban J connectivity index is 0.000000413.